The Labute approximate surface area is 142 Å². The van der Waals surface area contributed by atoms with E-state index in [1.807, 2.05) is 63.2 Å². The molecule has 3 N–H and O–H groups in total. The van der Waals surface area contributed by atoms with Crippen molar-refractivity contribution in [1.29, 1.82) is 0 Å². The van der Waals surface area contributed by atoms with Gasteiger partial charge in [-0.3, -0.25) is 4.79 Å². The second-order valence-electron chi connectivity index (χ2n) is 6.87. The van der Waals surface area contributed by atoms with E-state index < -0.39 is 17.7 Å². The highest BCUT2D eigenvalue weighted by molar-refractivity contribution is 5.99. The van der Waals surface area contributed by atoms with Gasteiger partial charge in [0.2, 0.25) is 0 Å². The first-order valence-corrected chi connectivity index (χ1v) is 8.05. The highest BCUT2D eigenvalue weighted by Gasteiger charge is 2.43. The predicted octanol–water partition coefficient (Wildman–Crippen LogP) is 1.49. The topological polar surface area (TPSA) is 87.9 Å². The summed E-state index contributed by atoms with van der Waals surface area (Å²) in [7, 11) is 1.83. The van der Waals surface area contributed by atoms with Crippen molar-refractivity contribution >= 4 is 17.7 Å². The Morgan fingerprint density at radius 3 is 2.50 bits per heavy atom. The first-order valence-electron chi connectivity index (χ1n) is 8.05. The second kappa shape index (κ2) is 7.19. The van der Waals surface area contributed by atoms with Crippen molar-refractivity contribution in [2.75, 3.05) is 18.6 Å². The second-order valence-corrected chi connectivity index (χ2v) is 6.87. The van der Waals surface area contributed by atoms with Crippen molar-refractivity contribution in [2.24, 2.45) is 5.73 Å². The van der Waals surface area contributed by atoms with Gasteiger partial charge in [-0.25, -0.2) is 14.8 Å². The van der Waals surface area contributed by atoms with Crippen molar-refractivity contribution in [3.05, 3.63) is 30.3 Å². The number of nitrogens with one attached hydrogen (secondary N) is 1. The molecule has 1 heterocycles. The van der Waals surface area contributed by atoms with Crippen LogP contribution in [0.2, 0.25) is 0 Å². The molecular formula is C17H26N4O3. The Morgan fingerprint density at radius 1 is 1.29 bits per heavy atom. The number of nitrogens with two attached hydrogens (primary N) is 1. The molecule has 1 aromatic carbocycles. The van der Waals surface area contributed by atoms with Gasteiger partial charge in [-0.2, -0.15) is 0 Å². The average Bonchev–Trinajstić information content (AvgIpc) is 2.70. The monoisotopic (exact) mass is 334 g/mol. The van der Waals surface area contributed by atoms with Gasteiger partial charge in [-0.05, 0) is 39.3 Å². The lowest BCUT2D eigenvalue weighted by molar-refractivity contribution is -0.118. The molecule has 2 rings (SSSR count). The maximum absolute atomic E-state index is 12.5. The normalized spacial score (nSPS) is 21.9. The van der Waals surface area contributed by atoms with E-state index in [9.17, 15) is 9.59 Å². The fourth-order valence-electron chi connectivity index (χ4n) is 2.72. The molecule has 2 unspecified atom stereocenters. The van der Waals surface area contributed by atoms with Gasteiger partial charge in [0.15, 0.2) is 0 Å². The number of anilines is 1. The molecule has 2 amide bonds. The highest BCUT2D eigenvalue weighted by atomic mass is 16.6. The van der Waals surface area contributed by atoms with Crippen LogP contribution in [-0.2, 0) is 9.53 Å². The van der Waals surface area contributed by atoms with E-state index in [0.29, 0.717) is 13.0 Å². The van der Waals surface area contributed by atoms with E-state index in [1.54, 1.807) is 5.01 Å². The third-order valence-corrected chi connectivity index (χ3v) is 3.81. The van der Waals surface area contributed by atoms with Gasteiger partial charge in [0, 0.05) is 13.6 Å². The van der Waals surface area contributed by atoms with Crippen molar-refractivity contribution in [3.63, 3.8) is 0 Å². The number of likely N-dealkylation sites (N-methyl/N-ethyl adjacent to an activating group) is 1. The number of benzene rings is 1. The lowest BCUT2D eigenvalue weighted by Gasteiger charge is -2.28. The zero-order valence-electron chi connectivity index (χ0n) is 14.7. The minimum Gasteiger partial charge on any atom is -0.444 e. The third kappa shape index (κ3) is 4.24. The van der Waals surface area contributed by atoms with Crippen molar-refractivity contribution in [1.82, 2.24) is 10.3 Å². The van der Waals surface area contributed by atoms with Gasteiger partial charge in [0.25, 0.3) is 5.91 Å². The molecule has 0 bridgehead atoms. The van der Waals surface area contributed by atoms with E-state index in [2.05, 4.69) is 5.32 Å². The quantitative estimate of drug-likeness (QED) is 0.871. The maximum Gasteiger partial charge on any atom is 0.407 e. The van der Waals surface area contributed by atoms with Crippen LogP contribution in [0, 0.1) is 0 Å². The summed E-state index contributed by atoms with van der Waals surface area (Å²) < 4.78 is 5.20. The number of nitrogens with zero attached hydrogens (tertiary/aromatic N) is 2. The molecule has 0 spiro atoms. The number of alkyl carbamates (subject to hydrolysis) is 1. The summed E-state index contributed by atoms with van der Waals surface area (Å²) in [6.07, 6.45) is 0.0781. The Morgan fingerprint density at radius 2 is 1.92 bits per heavy atom. The van der Waals surface area contributed by atoms with E-state index >= 15 is 0 Å². The molecule has 132 valence electrons. The fraction of sp³-hybridized carbons (Fsp3) is 0.529. The van der Waals surface area contributed by atoms with Crippen LogP contribution in [0.4, 0.5) is 10.5 Å². The molecule has 24 heavy (non-hydrogen) atoms. The number of para-hydroxylation sites is 1. The molecule has 1 aliphatic rings. The Kier molecular flexibility index (Phi) is 5.46. The summed E-state index contributed by atoms with van der Waals surface area (Å²) in [6.45, 7) is 5.81. The largest absolute Gasteiger partial charge is 0.444 e. The molecule has 7 heteroatoms. The Bertz CT molecular complexity index is 585. The first kappa shape index (κ1) is 18.2. The number of hydrazine groups is 1. The number of rotatable bonds is 4. The molecular weight excluding hydrogens is 308 g/mol. The molecule has 7 nitrogen and oxygen atoms in total. The van der Waals surface area contributed by atoms with Crippen LogP contribution < -0.4 is 16.1 Å². The number of hydrogen-bond acceptors (Lipinski definition) is 5. The molecule has 2 atom stereocenters. The zero-order valence-corrected chi connectivity index (χ0v) is 14.7. The number of carbonyl (C=O) groups is 2. The van der Waals surface area contributed by atoms with Crippen LogP contribution >= 0.6 is 0 Å². The Hall–Kier alpha value is -2.12. The molecule has 1 fully saturated rings. The molecule has 0 aromatic heterocycles. The summed E-state index contributed by atoms with van der Waals surface area (Å²) in [5.74, 6) is -0.147. The standard InChI is InChI=1S/C17H26N4O3/c1-17(2,3)24-16(23)19-11-10-13-14(18)15(22)21(20(13)4)12-8-6-5-7-9-12/h5-9,13-14H,10-11,18H2,1-4H3,(H,19,23). The summed E-state index contributed by atoms with van der Waals surface area (Å²) in [5, 5.41) is 6.12. The molecule has 0 radical (unpaired) electrons. The molecule has 1 aliphatic heterocycles. The van der Waals surface area contributed by atoms with Crippen molar-refractivity contribution in [3.8, 4) is 0 Å². The van der Waals surface area contributed by atoms with Gasteiger partial charge in [-0.1, -0.05) is 18.2 Å². The van der Waals surface area contributed by atoms with Crippen LogP contribution in [0.1, 0.15) is 27.2 Å². The highest BCUT2D eigenvalue weighted by Crippen LogP contribution is 2.26. The molecule has 1 saturated heterocycles. The van der Waals surface area contributed by atoms with Crippen molar-refractivity contribution < 1.29 is 14.3 Å². The van der Waals surface area contributed by atoms with Gasteiger partial charge < -0.3 is 15.8 Å². The number of hydrogen-bond donors (Lipinski definition) is 2. The Balaban J connectivity index is 1.94. The van der Waals surface area contributed by atoms with Crippen LogP contribution in [0.15, 0.2) is 30.3 Å². The molecule has 1 aromatic rings. The van der Waals surface area contributed by atoms with Gasteiger partial charge >= 0.3 is 6.09 Å². The van der Waals surface area contributed by atoms with Crippen LogP contribution in [0.3, 0.4) is 0 Å². The SMILES string of the molecule is CN1C(CCNC(=O)OC(C)(C)C)C(N)C(=O)N1c1ccccc1. The van der Waals surface area contributed by atoms with Gasteiger partial charge in [0.05, 0.1) is 11.7 Å². The lowest BCUT2D eigenvalue weighted by atomic mass is 10.1. The summed E-state index contributed by atoms with van der Waals surface area (Å²) >= 11 is 0. The lowest BCUT2D eigenvalue weighted by Crippen LogP contribution is -2.43. The van der Waals surface area contributed by atoms with Gasteiger partial charge in [0.1, 0.15) is 11.6 Å². The predicted molar refractivity (Wildman–Crippen MR) is 92.3 cm³/mol. The van der Waals surface area contributed by atoms with E-state index in [1.165, 1.54) is 0 Å². The van der Waals surface area contributed by atoms with Gasteiger partial charge in [-0.15, -0.1) is 0 Å². The van der Waals surface area contributed by atoms with Crippen LogP contribution in [-0.4, -0.2) is 48.3 Å². The minimum atomic E-state index is -0.629. The maximum atomic E-state index is 12.5. The fourth-order valence-corrected chi connectivity index (χ4v) is 2.72. The minimum absolute atomic E-state index is 0.147. The first-order chi connectivity index (χ1) is 11.2. The summed E-state index contributed by atoms with van der Waals surface area (Å²) in [4.78, 5) is 24.1. The third-order valence-electron chi connectivity index (χ3n) is 3.81. The number of ether oxygens (including phenoxy) is 1. The van der Waals surface area contributed by atoms with E-state index in [-0.39, 0.29) is 11.9 Å². The summed E-state index contributed by atoms with van der Waals surface area (Å²) in [6, 6.07) is 8.55. The van der Waals surface area contributed by atoms with Crippen LogP contribution in [0.25, 0.3) is 0 Å². The summed E-state index contributed by atoms with van der Waals surface area (Å²) in [5.41, 5.74) is 6.33. The van der Waals surface area contributed by atoms with E-state index in [0.717, 1.165) is 5.69 Å². The van der Waals surface area contributed by atoms with Crippen LogP contribution in [0.5, 0.6) is 0 Å². The zero-order chi connectivity index (χ0) is 17.9. The molecule has 0 aliphatic carbocycles. The molecule has 0 saturated carbocycles. The smallest absolute Gasteiger partial charge is 0.407 e. The number of amides is 2. The van der Waals surface area contributed by atoms with Crippen molar-refractivity contribution in [2.45, 2.75) is 44.9 Å². The van der Waals surface area contributed by atoms with E-state index in [4.69, 9.17) is 10.5 Å². The average molecular weight is 334 g/mol. The number of carbonyl (C=O) groups excluding carboxylic acids is 2.